The highest BCUT2D eigenvalue weighted by molar-refractivity contribution is 7.15. The Kier molecular flexibility index (Phi) is 6.11. The number of nitrogens with one attached hydrogen (secondary N) is 1. The third kappa shape index (κ3) is 4.50. The summed E-state index contributed by atoms with van der Waals surface area (Å²) in [5, 5.41) is 6.56. The summed E-state index contributed by atoms with van der Waals surface area (Å²) in [6.45, 7) is 4.00. The quantitative estimate of drug-likeness (QED) is 0.339. The molecule has 1 amide bonds. The number of ether oxygens (including phenoxy) is 1. The van der Waals surface area contributed by atoms with Gasteiger partial charge in [-0.3, -0.25) is 4.79 Å². The van der Waals surface area contributed by atoms with Crippen molar-refractivity contribution in [1.29, 1.82) is 0 Å². The first-order valence-electron chi connectivity index (χ1n) is 9.77. The molecule has 0 spiro atoms. The van der Waals surface area contributed by atoms with E-state index in [1.807, 2.05) is 36.6 Å². The van der Waals surface area contributed by atoms with E-state index in [1.165, 1.54) is 11.3 Å². The fourth-order valence-electron chi connectivity index (χ4n) is 3.34. The summed E-state index contributed by atoms with van der Waals surface area (Å²) in [5.41, 5.74) is 4.50. The second-order valence-electron chi connectivity index (χ2n) is 7.07. The number of hydrogen-bond donors (Lipinski definition) is 1. The Hall–Kier alpha value is -3.09. The van der Waals surface area contributed by atoms with Crippen LogP contribution in [-0.4, -0.2) is 18.5 Å². The zero-order valence-electron chi connectivity index (χ0n) is 17.0. The lowest BCUT2D eigenvalue weighted by atomic mass is 10.0. The van der Waals surface area contributed by atoms with Gasteiger partial charge in [-0.2, -0.15) is 0 Å². The molecule has 7 heteroatoms. The summed E-state index contributed by atoms with van der Waals surface area (Å²) < 4.78 is 10.8. The average molecular weight is 454 g/mol. The lowest BCUT2D eigenvalue weighted by molar-refractivity contribution is -0.115. The summed E-state index contributed by atoms with van der Waals surface area (Å²) in [6.07, 6.45) is 1.65. The molecule has 0 fully saturated rings. The topological polar surface area (TPSA) is 68.5 Å². The third-order valence-electron chi connectivity index (χ3n) is 4.85. The molecule has 2 heterocycles. The maximum absolute atomic E-state index is 12.8. The van der Waals surface area contributed by atoms with Gasteiger partial charge in [0.05, 0.1) is 19.3 Å². The van der Waals surface area contributed by atoms with Gasteiger partial charge in [-0.25, -0.2) is 4.79 Å². The van der Waals surface area contributed by atoms with Crippen molar-refractivity contribution in [2.75, 3.05) is 11.9 Å². The molecular formula is C24H20ClNO4S. The molecule has 0 saturated carbocycles. The van der Waals surface area contributed by atoms with E-state index in [4.69, 9.17) is 20.8 Å². The van der Waals surface area contributed by atoms with Crippen LogP contribution in [0.5, 0.6) is 0 Å². The number of carbonyl (C=O) groups excluding carboxylic acids is 2. The molecule has 1 N–H and O–H groups in total. The Morgan fingerprint density at radius 1 is 1.16 bits per heavy atom. The normalized spacial score (nSPS) is 10.9. The maximum atomic E-state index is 12.8. The number of anilines is 1. The van der Waals surface area contributed by atoms with Gasteiger partial charge in [-0.15, -0.1) is 11.3 Å². The number of thiophene rings is 1. The smallest absolute Gasteiger partial charge is 0.341 e. The van der Waals surface area contributed by atoms with E-state index in [9.17, 15) is 9.59 Å². The number of benzene rings is 2. The second kappa shape index (κ2) is 8.96. The van der Waals surface area contributed by atoms with E-state index in [2.05, 4.69) is 5.32 Å². The number of esters is 1. The summed E-state index contributed by atoms with van der Waals surface area (Å²) in [5.74, 6) is -0.722. The van der Waals surface area contributed by atoms with Crippen molar-refractivity contribution < 1.29 is 18.7 Å². The van der Waals surface area contributed by atoms with E-state index < -0.39 is 5.97 Å². The standard InChI is InChI=1S/C24H20ClNO4S/c1-3-29-24(28)22-19(15-6-4-14(2)5-7-15)13-31-23(22)26-21(27)10-16-12-30-20-9-8-17(25)11-18(16)20/h4-9,11-13H,3,10H2,1-2H3,(H,26,27). The first-order chi connectivity index (χ1) is 15.0. The van der Waals surface area contributed by atoms with Gasteiger partial charge in [0.15, 0.2) is 0 Å². The Balaban J connectivity index is 1.62. The van der Waals surface area contributed by atoms with Gasteiger partial charge < -0.3 is 14.5 Å². The fraction of sp³-hybridized carbons (Fsp3) is 0.167. The molecule has 158 valence electrons. The van der Waals surface area contributed by atoms with Crippen LogP contribution in [0.3, 0.4) is 0 Å². The molecule has 0 unspecified atom stereocenters. The largest absolute Gasteiger partial charge is 0.464 e. The summed E-state index contributed by atoms with van der Waals surface area (Å²) >= 11 is 7.38. The first kappa shape index (κ1) is 21.2. The Labute approximate surface area is 188 Å². The summed E-state index contributed by atoms with van der Waals surface area (Å²) in [6, 6.07) is 13.1. The Bertz CT molecular complexity index is 1260. The second-order valence-corrected chi connectivity index (χ2v) is 8.38. The predicted molar refractivity (Wildman–Crippen MR) is 124 cm³/mol. The van der Waals surface area contributed by atoms with E-state index in [1.54, 1.807) is 31.4 Å². The molecule has 0 radical (unpaired) electrons. The van der Waals surface area contributed by atoms with Crippen LogP contribution in [0.2, 0.25) is 5.02 Å². The maximum Gasteiger partial charge on any atom is 0.341 e. The number of aryl methyl sites for hydroxylation is 1. The Morgan fingerprint density at radius 2 is 1.94 bits per heavy atom. The van der Waals surface area contributed by atoms with Crippen molar-refractivity contribution in [1.82, 2.24) is 0 Å². The van der Waals surface area contributed by atoms with E-state index in [-0.39, 0.29) is 18.9 Å². The van der Waals surface area contributed by atoms with Crippen molar-refractivity contribution in [2.24, 2.45) is 0 Å². The average Bonchev–Trinajstić information content (AvgIpc) is 3.33. The van der Waals surface area contributed by atoms with Gasteiger partial charge >= 0.3 is 5.97 Å². The predicted octanol–water partition coefficient (Wildman–Crippen LogP) is 6.48. The minimum Gasteiger partial charge on any atom is -0.464 e. The number of furan rings is 1. The van der Waals surface area contributed by atoms with Crippen LogP contribution in [0.1, 0.15) is 28.4 Å². The van der Waals surface area contributed by atoms with Crippen LogP contribution in [0.25, 0.3) is 22.1 Å². The van der Waals surface area contributed by atoms with Crippen LogP contribution in [0.4, 0.5) is 5.00 Å². The highest BCUT2D eigenvalue weighted by atomic mass is 35.5. The molecule has 0 bridgehead atoms. The van der Waals surface area contributed by atoms with Crippen LogP contribution >= 0.6 is 22.9 Å². The third-order valence-corrected chi connectivity index (χ3v) is 5.98. The molecule has 4 rings (SSSR count). The van der Waals surface area contributed by atoms with Gasteiger partial charge in [0.25, 0.3) is 0 Å². The van der Waals surface area contributed by atoms with Crippen LogP contribution in [-0.2, 0) is 16.0 Å². The SMILES string of the molecule is CCOC(=O)c1c(-c2ccc(C)cc2)csc1NC(=O)Cc1coc2ccc(Cl)cc12. The van der Waals surface area contributed by atoms with E-state index in [0.29, 0.717) is 21.2 Å². The van der Waals surface area contributed by atoms with Crippen molar-refractivity contribution in [3.8, 4) is 11.1 Å². The van der Waals surface area contributed by atoms with Crippen LogP contribution in [0.15, 0.2) is 58.5 Å². The first-order valence-corrected chi connectivity index (χ1v) is 11.0. The molecule has 4 aromatic rings. The lowest BCUT2D eigenvalue weighted by Crippen LogP contribution is -2.16. The lowest BCUT2D eigenvalue weighted by Gasteiger charge is -2.09. The van der Waals surface area contributed by atoms with Crippen LogP contribution < -0.4 is 5.32 Å². The number of amides is 1. The number of hydrogen-bond acceptors (Lipinski definition) is 5. The van der Waals surface area contributed by atoms with Crippen molar-refractivity contribution in [3.05, 3.63) is 75.8 Å². The highest BCUT2D eigenvalue weighted by Crippen LogP contribution is 2.36. The molecule has 31 heavy (non-hydrogen) atoms. The zero-order valence-corrected chi connectivity index (χ0v) is 18.6. The van der Waals surface area contributed by atoms with E-state index >= 15 is 0 Å². The summed E-state index contributed by atoms with van der Waals surface area (Å²) in [7, 11) is 0. The highest BCUT2D eigenvalue weighted by Gasteiger charge is 2.23. The molecule has 0 saturated heterocycles. The number of fused-ring (bicyclic) bond motifs is 1. The van der Waals surface area contributed by atoms with Gasteiger partial charge in [-0.05, 0) is 37.6 Å². The number of carbonyl (C=O) groups is 2. The molecule has 0 aliphatic rings. The molecule has 5 nitrogen and oxygen atoms in total. The zero-order chi connectivity index (χ0) is 22.0. The summed E-state index contributed by atoms with van der Waals surface area (Å²) in [4.78, 5) is 25.5. The van der Waals surface area contributed by atoms with Crippen molar-refractivity contribution in [3.63, 3.8) is 0 Å². The fourth-order valence-corrected chi connectivity index (χ4v) is 4.48. The van der Waals surface area contributed by atoms with Crippen LogP contribution in [0, 0.1) is 6.92 Å². The minimum absolute atomic E-state index is 0.0906. The monoisotopic (exact) mass is 453 g/mol. The van der Waals surface area contributed by atoms with Crippen molar-refractivity contribution in [2.45, 2.75) is 20.3 Å². The van der Waals surface area contributed by atoms with Gasteiger partial charge in [0, 0.05) is 26.9 Å². The van der Waals surface area contributed by atoms with Gasteiger partial charge in [-0.1, -0.05) is 41.4 Å². The molecule has 2 aromatic heterocycles. The van der Waals surface area contributed by atoms with Gasteiger partial charge in [0.2, 0.25) is 5.91 Å². The number of rotatable bonds is 6. The molecular weight excluding hydrogens is 434 g/mol. The molecule has 0 aliphatic carbocycles. The Morgan fingerprint density at radius 3 is 2.68 bits per heavy atom. The molecule has 2 aromatic carbocycles. The molecule has 0 atom stereocenters. The van der Waals surface area contributed by atoms with E-state index in [0.717, 1.165) is 27.6 Å². The molecule has 0 aliphatic heterocycles. The minimum atomic E-state index is -0.463. The number of halogens is 1. The van der Waals surface area contributed by atoms with Crippen molar-refractivity contribution >= 4 is 50.8 Å². The van der Waals surface area contributed by atoms with Gasteiger partial charge in [0.1, 0.15) is 16.1 Å².